The molecule has 0 radical (unpaired) electrons. The molecule has 0 aliphatic carbocycles. The lowest BCUT2D eigenvalue weighted by Crippen LogP contribution is -2.61. The summed E-state index contributed by atoms with van der Waals surface area (Å²) in [5.41, 5.74) is 0. The second kappa shape index (κ2) is 32.7. The SMILES string of the molecule is CC[C@@H]1NC(=O)CN(C)C(=O)[C@H](CC(C)C)N(C)C(=O)[C@H](C(C)C)NC(=O)[C@H](CC(C)C)N(C)C(=O)[C@H](C)NC(=O)[C@@H](C)NC(=O)[C@H](CC(C)C)N(C)C(=O)[C@H](CC(C)C)N(C)C(=O)[C@H](C(C)C)N(C)C(=O)[C@H](CC(C)C)N(C)C1=O. The standard InChI is InChI=1S/C59H107N11O11/c1-25-41-54(76)67(21)46(30-36(10)11)57(79)70(24)49(38(14)15)59(81)69(23)45(29-35(8)9)56(78)66(20)42(26-32(2)3)51(73)60-39(16)50(72)61-40(17)53(75)65(19)43(27-33(4)5)52(74)63-48(37(12)13)58(80)68(22)44(28-34(6)7)55(77)64(18)31-47(71)62-41/h32-46,48-49H,25-31H2,1-24H3,(H,60,73)(H,61,72)(H,62,71)(H,63,74)/t39-,40+,41+,42+,43+,44+,45+,46+,48+,49+/m1/s1. The van der Waals surface area contributed by atoms with Crippen molar-refractivity contribution in [2.24, 2.45) is 41.4 Å². The summed E-state index contributed by atoms with van der Waals surface area (Å²) < 4.78 is 0. The summed E-state index contributed by atoms with van der Waals surface area (Å²) >= 11 is 0. The Balaban J connectivity index is 4.20. The number of hydrogen-bond acceptors (Lipinski definition) is 11. The third-order valence-corrected chi connectivity index (χ3v) is 15.2. The zero-order valence-corrected chi connectivity index (χ0v) is 53.9. The Bertz CT molecular complexity index is 2180. The second-order valence-corrected chi connectivity index (χ2v) is 25.5. The number of rotatable bonds is 13. The molecule has 10 atom stereocenters. The van der Waals surface area contributed by atoms with Crippen molar-refractivity contribution in [2.75, 3.05) is 55.9 Å². The lowest BCUT2D eigenvalue weighted by molar-refractivity contribution is -0.156. The lowest BCUT2D eigenvalue weighted by atomic mass is 9.94. The predicted molar refractivity (Wildman–Crippen MR) is 313 cm³/mol. The van der Waals surface area contributed by atoms with Crippen LogP contribution in [0.1, 0.15) is 156 Å². The van der Waals surface area contributed by atoms with Crippen molar-refractivity contribution >= 4 is 65.0 Å². The Hall–Kier alpha value is -5.83. The van der Waals surface area contributed by atoms with Gasteiger partial charge in [-0.2, -0.15) is 0 Å². The van der Waals surface area contributed by atoms with Crippen LogP contribution in [0, 0.1) is 41.4 Å². The zero-order valence-electron chi connectivity index (χ0n) is 53.9. The van der Waals surface area contributed by atoms with Crippen molar-refractivity contribution in [3.8, 4) is 0 Å². The number of hydrogen-bond donors (Lipinski definition) is 4. The fourth-order valence-corrected chi connectivity index (χ4v) is 10.3. The molecule has 0 bridgehead atoms. The molecule has 1 aliphatic heterocycles. The van der Waals surface area contributed by atoms with Gasteiger partial charge in [-0.05, 0) is 93.8 Å². The number of nitrogens with zero attached hydrogens (tertiary/aromatic N) is 7. The van der Waals surface area contributed by atoms with E-state index in [0.29, 0.717) is 0 Å². The highest BCUT2D eigenvalue weighted by atomic mass is 16.2. The molecular weight excluding hydrogens is 1040 g/mol. The first-order valence-corrected chi connectivity index (χ1v) is 29.3. The van der Waals surface area contributed by atoms with Crippen LogP contribution in [0.5, 0.6) is 0 Å². The minimum Gasteiger partial charge on any atom is -0.343 e. The van der Waals surface area contributed by atoms with Crippen molar-refractivity contribution in [1.82, 2.24) is 55.6 Å². The third kappa shape index (κ3) is 20.8. The maximum absolute atomic E-state index is 15.0. The molecule has 0 aromatic rings. The Morgan fingerprint density at radius 2 is 0.716 bits per heavy atom. The van der Waals surface area contributed by atoms with E-state index < -0.39 is 144 Å². The van der Waals surface area contributed by atoms with E-state index in [0.717, 1.165) is 0 Å². The van der Waals surface area contributed by atoms with E-state index in [1.807, 2.05) is 69.2 Å². The lowest BCUT2D eigenvalue weighted by Gasteiger charge is -2.41. The number of amides is 11. The number of carbonyl (C=O) groups is 11. The van der Waals surface area contributed by atoms with E-state index >= 15 is 0 Å². The van der Waals surface area contributed by atoms with Crippen LogP contribution < -0.4 is 21.3 Å². The average molecular weight is 1150 g/mol. The molecule has 1 fully saturated rings. The molecule has 11 amide bonds. The minimum absolute atomic E-state index is 0.107. The van der Waals surface area contributed by atoms with E-state index in [1.165, 1.54) is 97.5 Å². The van der Waals surface area contributed by atoms with Crippen LogP contribution in [-0.4, -0.2) is 216 Å². The number of nitrogens with one attached hydrogen (secondary N) is 4. The van der Waals surface area contributed by atoms with Gasteiger partial charge in [0.2, 0.25) is 65.0 Å². The summed E-state index contributed by atoms with van der Waals surface area (Å²) in [4.78, 5) is 168. The molecule has 0 aromatic carbocycles. The van der Waals surface area contributed by atoms with Crippen LogP contribution in [-0.2, 0) is 52.7 Å². The van der Waals surface area contributed by atoms with Gasteiger partial charge < -0.3 is 55.6 Å². The monoisotopic (exact) mass is 1150 g/mol. The van der Waals surface area contributed by atoms with Crippen LogP contribution in [0.4, 0.5) is 0 Å². The Morgan fingerprint density at radius 3 is 1.12 bits per heavy atom. The first-order valence-electron chi connectivity index (χ1n) is 29.3. The molecule has 0 saturated carbocycles. The molecule has 0 spiro atoms. The van der Waals surface area contributed by atoms with Crippen molar-refractivity contribution < 1.29 is 52.7 Å². The number of carbonyl (C=O) groups excluding carboxylic acids is 11. The fraction of sp³-hybridized carbons (Fsp3) is 0.814. The van der Waals surface area contributed by atoms with E-state index in [4.69, 9.17) is 0 Å². The molecule has 1 heterocycles. The zero-order chi connectivity index (χ0) is 63.0. The van der Waals surface area contributed by atoms with E-state index in [9.17, 15) is 52.7 Å². The molecular formula is C59H107N11O11. The van der Waals surface area contributed by atoms with Gasteiger partial charge in [-0.25, -0.2) is 0 Å². The quantitative estimate of drug-likeness (QED) is 0.208. The fourth-order valence-electron chi connectivity index (χ4n) is 10.3. The summed E-state index contributed by atoms with van der Waals surface area (Å²) in [6, 6.07) is -11.3. The second-order valence-electron chi connectivity index (χ2n) is 25.5. The maximum Gasteiger partial charge on any atom is 0.246 e. The molecule has 22 nitrogen and oxygen atoms in total. The van der Waals surface area contributed by atoms with E-state index in [2.05, 4.69) is 21.3 Å². The van der Waals surface area contributed by atoms with Crippen LogP contribution >= 0.6 is 0 Å². The third-order valence-electron chi connectivity index (χ3n) is 15.2. The summed E-state index contributed by atoms with van der Waals surface area (Å²) in [7, 11) is 10.2. The van der Waals surface area contributed by atoms with Crippen LogP contribution in [0.3, 0.4) is 0 Å². The summed E-state index contributed by atoms with van der Waals surface area (Å²) in [5.74, 6) is -8.23. The Kier molecular flexibility index (Phi) is 29.6. The average Bonchev–Trinajstić information content (AvgIpc) is 3.36. The maximum atomic E-state index is 15.0. The highest BCUT2D eigenvalue weighted by Gasteiger charge is 2.44. The molecule has 0 unspecified atom stereocenters. The molecule has 464 valence electrons. The first kappa shape index (κ1) is 73.2. The van der Waals surface area contributed by atoms with Gasteiger partial charge in [0.15, 0.2) is 0 Å². The Labute approximate surface area is 485 Å². The van der Waals surface area contributed by atoms with Gasteiger partial charge in [0.25, 0.3) is 0 Å². The number of likely N-dealkylation sites (N-methyl/N-ethyl adjacent to an activating group) is 7. The molecule has 1 aliphatic rings. The largest absolute Gasteiger partial charge is 0.343 e. The highest BCUT2D eigenvalue weighted by Crippen LogP contribution is 2.25. The highest BCUT2D eigenvalue weighted by molar-refractivity contribution is 5.99. The van der Waals surface area contributed by atoms with Crippen molar-refractivity contribution in [2.45, 2.75) is 217 Å². The molecule has 0 aromatic heterocycles. The van der Waals surface area contributed by atoms with Crippen molar-refractivity contribution in [3.05, 3.63) is 0 Å². The van der Waals surface area contributed by atoms with Crippen molar-refractivity contribution in [1.29, 1.82) is 0 Å². The predicted octanol–water partition coefficient (Wildman–Crippen LogP) is 3.35. The summed E-state index contributed by atoms with van der Waals surface area (Å²) in [6.45, 7) is 30.0. The molecule has 1 rings (SSSR count). The minimum atomic E-state index is -1.21. The van der Waals surface area contributed by atoms with Gasteiger partial charge in [-0.3, -0.25) is 52.7 Å². The van der Waals surface area contributed by atoms with E-state index in [-0.39, 0.29) is 68.1 Å². The normalized spacial score (nSPS) is 26.8. The van der Waals surface area contributed by atoms with Gasteiger partial charge in [-0.1, -0.05) is 104 Å². The molecule has 81 heavy (non-hydrogen) atoms. The Morgan fingerprint density at radius 1 is 0.370 bits per heavy atom. The first-order chi connectivity index (χ1) is 37.2. The van der Waals surface area contributed by atoms with Gasteiger partial charge in [-0.15, -0.1) is 0 Å². The topological polar surface area (TPSA) is 259 Å². The smallest absolute Gasteiger partial charge is 0.246 e. The molecule has 4 N–H and O–H groups in total. The molecule has 22 heteroatoms. The molecule has 1 saturated heterocycles. The van der Waals surface area contributed by atoms with E-state index in [1.54, 1.807) is 34.6 Å². The van der Waals surface area contributed by atoms with Gasteiger partial charge in [0.1, 0.15) is 60.4 Å². The van der Waals surface area contributed by atoms with Crippen molar-refractivity contribution in [3.63, 3.8) is 0 Å². The summed E-state index contributed by atoms with van der Waals surface area (Å²) in [6.07, 6.45) is 1.05. The van der Waals surface area contributed by atoms with Crippen LogP contribution in [0.15, 0.2) is 0 Å². The van der Waals surface area contributed by atoms with Gasteiger partial charge >= 0.3 is 0 Å². The van der Waals surface area contributed by atoms with Crippen LogP contribution in [0.2, 0.25) is 0 Å². The van der Waals surface area contributed by atoms with Crippen LogP contribution in [0.25, 0.3) is 0 Å². The van der Waals surface area contributed by atoms with Gasteiger partial charge in [0, 0.05) is 49.3 Å². The van der Waals surface area contributed by atoms with Gasteiger partial charge in [0.05, 0.1) is 6.54 Å². The summed E-state index contributed by atoms with van der Waals surface area (Å²) in [5, 5.41) is 11.0.